The van der Waals surface area contributed by atoms with Crippen molar-refractivity contribution in [2.24, 2.45) is 5.16 Å². The average Bonchev–Trinajstić information content (AvgIpc) is 2.46. The molecule has 1 unspecified atom stereocenters. The van der Waals surface area contributed by atoms with E-state index in [0.717, 1.165) is 5.56 Å². The van der Waals surface area contributed by atoms with Crippen molar-refractivity contribution in [1.82, 2.24) is 0 Å². The molecule has 0 aliphatic carbocycles. The number of methoxy groups -OCH3 is 1. The topological polar surface area (TPSA) is 68.1 Å². The first-order chi connectivity index (χ1) is 9.58. The Morgan fingerprint density at radius 3 is 2.45 bits per heavy atom. The molecule has 1 N–H and O–H groups in total. The van der Waals surface area contributed by atoms with E-state index in [9.17, 15) is 4.79 Å². The number of rotatable bonds is 7. The second-order valence-electron chi connectivity index (χ2n) is 4.66. The number of carbonyl (C=O) groups is 1. The minimum absolute atomic E-state index is 0.000729. The van der Waals surface area contributed by atoms with Crippen LogP contribution in [0.5, 0.6) is 0 Å². The highest BCUT2D eigenvalue weighted by Gasteiger charge is 2.18. The van der Waals surface area contributed by atoms with Crippen LogP contribution in [0, 0.1) is 0 Å². The van der Waals surface area contributed by atoms with Crippen molar-refractivity contribution in [3.63, 3.8) is 0 Å². The van der Waals surface area contributed by atoms with E-state index in [1.165, 1.54) is 7.11 Å². The first-order valence-corrected chi connectivity index (χ1v) is 6.58. The lowest BCUT2D eigenvalue weighted by atomic mass is 10.0. The van der Waals surface area contributed by atoms with Gasteiger partial charge in [-0.3, -0.25) is 0 Å². The normalized spacial score (nSPS) is 13.3. The van der Waals surface area contributed by atoms with Gasteiger partial charge in [-0.15, -0.1) is 0 Å². The highest BCUT2D eigenvalue weighted by Crippen LogP contribution is 2.24. The van der Waals surface area contributed by atoms with Gasteiger partial charge in [-0.05, 0) is 25.8 Å². The minimum atomic E-state index is -0.621. The monoisotopic (exact) mass is 279 g/mol. The molecule has 0 bridgehead atoms. The number of benzene rings is 1. The zero-order chi connectivity index (χ0) is 15.0. The molecule has 0 aliphatic rings. The van der Waals surface area contributed by atoms with E-state index in [2.05, 4.69) is 9.89 Å². The Bertz CT molecular complexity index is 442. The Kier molecular flexibility index (Phi) is 6.73. The van der Waals surface area contributed by atoms with Crippen LogP contribution in [0.4, 0.5) is 0 Å². The van der Waals surface area contributed by atoms with Gasteiger partial charge in [-0.25, -0.2) is 4.79 Å². The van der Waals surface area contributed by atoms with Gasteiger partial charge >= 0.3 is 5.97 Å². The molecule has 1 aromatic rings. The van der Waals surface area contributed by atoms with E-state index in [0.29, 0.717) is 6.42 Å². The van der Waals surface area contributed by atoms with Gasteiger partial charge in [-0.2, -0.15) is 0 Å². The van der Waals surface area contributed by atoms with Crippen molar-refractivity contribution in [3.8, 4) is 0 Å². The lowest BCUT2D eigenvalue weighted by Crippen LogP contribution is -2.18. The second kappa shape index (κ2) is 8.32. The van der Waals surface area contributed by atoms with Crippen molar-refractivity contribution < 1.29 is 19.5 Å². The van der Waals surface area contributed by atoms with Gasteiger partial charge in [0.15, 0.2) is 5.71 Å². The standard InChI is InChI=1S/C15H21NO4/c1-11(2)20-14(12-7-5-4-6-8-12)10-9-13(16-18)15(17)19-3/h4-8,11,14,18H,9-10H2,1-3H3. The van der Waals surface area contributed by atoms with Gasteiger partial charge in [-0.1, -0.05) is 35.5 Å². The zero-order valence-corrected chi connectivity index (χ0v) is 12.1. The van der Waals surface area contributed by atoms with Crippen LogP contribution in [0.2, 0.25) is 0 Å². The molecule has 0 heterocycles. The molecule has 0 saturated carbocycles. The molecule has 0 amide bonds. The molecule has 0 aliphatic heterocycles. The summed E-state index contributed by atoms with van der Waals surface area (Å²) < 4.78 is 10.4. The van der Waals surface area contributed by atoms with Crippen LogP contribution < -0.4 is 0 Å². The highest BCUT2D eigenvalue weighted by molar-refractivity contribution is 6.36. The molecule has 0 saturated heterocycles. The summed E-state index contributed by atoms with van der Waals surface area (Å²) in [5.74, 6) is -0.621. The van der Waals surface area contributed by atoms with Crippen molar-refractivity contribution in [3.05, 3.63) is 35.9 Å². The van der Waals surface area contributed by atoms with Crippen LogP contribution in [-0.4, -0.2) is 30.1 Å². The third-order valence-electron chi connectivity index (χ3n) is 2.79. The fourth-order valence-electron chi connectivity index (χ4n) is 1.89. The van der Waals surface area contributed by atoms with E-state index in [4.69, 9.17) is 9.94 Å². The summed E-state index contributed by atoms with van der Waals surface area (Å²) in [4.78, 5) is 11.4. The number of carbonyl (C=O) groups excluding carboxylic acids is 1. The molecule has 0 spiro atoms. The third-order valence-corrected chi connectivity index (χ3v) is 2.79. The van der Waals surface area contributed by atoms with Gasteiger partial charge in [0.25, 0.3) is 0 Å². The lowest BCUT2D eigenvalue weighted by molar-refractivity contribution is -0.133. The van der Waals surface area contributed by atoms with Gasteiger partial charge in [0.2, 0.25) is 0 Å². The van der Waals surface area contributed by atoms with Gasteiger partial charge < -0.3 is 14.7 Å². The van der Waals surface area contributed by atoms with Crippen LogP contribution >= 0.6 is 0 Å². The molecule has 1 aromatic carbocycles. The average molecular weight is 279 g/mol. The maximum Gasteiger partial charge on any atom is 0.355 e. The van der Waals surface area contributed by atoms with Crippen molar-refractivity contribution in [2.45, 2.75) is 38.9 Å². The van der Waals surface area contributed by atoms with Crippen LogP contribution in [0.1, 0.15) is 38.4 Å². The highest BCUT2D eigenvalue weighted by atomic mass is 16.5. The molecule has 5 nitrogen and oxygen atoms in total. The number of hydrogen-bond donors (Lipinski definition) is 1. The fraction of sp³-hybridized carbons (Fsp3) is 0.467. The summed E-state index contributed by atoms with van der Waals surface area (Å²) in [6, 6.07) is 9.76. The SMILES string of the molecule is COC(=O)C(CCC(OC(C)C)c1ccccc1)=NO. The molecule has 0 aromatic heterocycles. The van der Waals surface area contributed by atoms with Crippen molar-refractivity contribution in [2.75, 3.05) is 7.11 Å². The van der Waals surface area contributed by atoms with E-state index in [1.54, 1.807) is 0 Å². The Labute approximate surface area is 119 Å². The molecule has 0 fully saturated rings. The largest absolute Gasteiger partial charge is 0.464 e. The molecule has 1 atom stereocenters. The van der Waals surface area contributed by atoms with Gasteiger partial charge in [0.1, 0.15) is 0 Å². The minimum Gasteiger partial charge on any atom is -0.464 e. The molecular formula is C15H21NO4. The number of hydrogen-bond acceptors (Lipinski definition) is 5. The first-order valence-electron chi connectivity index (χ1n) is 6.58. The fourth-order valence-corrected chi connectivity index (χ4v) is 1.89. The predicted octanol–water partition coefficient (Wildman–Crippen LogP) is 2.94. The summed E-state index contributed by atoms with van der Waals surface area (Å²) in [5, 5.41) is 11.8. The van der Waals surface area contributed by atoms with E-state index in [1.807, 2.05) is 44.2 Å². The summed E-state index contributed by atoms with van der Waals surface area (Å²) in [7, 11) is 1.26. The van der Waals surface area contributed by atoms with Crippen LogP contribution in [-0.2, 0) is 14.3 Å². The van der Waals surface area contributed by atoms with Crippen LogP contribution in [0.15, 0.2) is 35.5 Å². The second-order valence-corrected chi connectivity index (χ2v) is 4.66. The summed E-state index contributed by atoms with van der Waals surface area (Å²) in [6.07, 6.45) is 0.733. The van der Waals surface area contributed by atoms with Crippen molar-refractivity contribution in [1.29, 1.82) is 0 Å². The van der Waals surface area contributed by atoms with Gasteiger partial charge in [0, 0.05) is 6.42 Å². The Hall–Kier alpha value is -1.88. The smallest absolute Gasteiger partial charge is 0.355 e. The molecule has 20 heavy (non-hydrogen) atoms. The van der Waals surface area contributed by atoms with E-state index in [-0.39, 0.29) is 24.3 Å². The lowest BCUT2D eigenvalue weighted by Gasteiger charge is -2.20. The van der Waals surface area contributed by atoms with Crippen LogP contribution in [0.25, 0.3) is 0 Å². The predicted molar refractivity (Wildman–Crippen MR) is 75.9 cm³/mol. The number of esters is 1. The third kappa shape index (κ3) is 5.01. The zero-order valence-electron chi connectivity index (χ0n) is 12.1. The summed E-state index contributed by atoms with van der Waals surface area (Å²) in [6.45, 7) is 3.91. The quantitative estimate of drug-likeness (QED) is 0.360. The summed E-state index contributed by atoms with van der Waals surface area (Å²) >= 11 is 0. The van der Waals surface area contributed by atoms with Crippen LogP contribution in [0.3, 0.4) is 0 Å². The van der Waals surface area contributed by atoms with E-state index < -0.39 is 5.97 Å². The molecular weight excluding hydrogens is 258 g/mol. The Morgan fingerprint density at radius 1 is 1.30 bits per heavy atom. The maximum atomic E-state index is 11.4. The summed E-state index contributed by atoms with van der Waals surface area (Å²) in [5.41, 5.74) is 1.03. The molecule has 0 radical (unpaired) electrons. The number of nitrogens with zero attached hydrogens (tertiary/aromatic N) is 1. The molecule has 110 valence electrons. The Morgan fingerprint density at radius 2 is 1.95 bits per heavy atom. The molecule has 5 heteroatoms. The van der Waals surface area contributed by atoms with Gasteiger partial charge in [0.05, 0.1) is 19.3 Å². The first kappa shape index (κ1) is 16.2. The molecule has 1 rings (SSSR count). The number of oxime groups is 1. The van der Waals surface area contributed by atoms with Crippen molar-refractivity contribution >= 4 is 11.7 Å². The maximum absolute atomic E-state index is 11.4. The Balaban J connectivity index is 2.74. The number of ether oxygens (including phenoxy) is 2. The van der Waals surface area contributed by atoms with E-state index >= 15 is 0 Å².